The monoisotopic (exact) mass is 466 g/mol. The Morgan fingerprint density at radius 2 is 2.27 bits per heavy atom. The van der Waals surface area contributed by atoms with Crippen molar-refractivity contribution in [1.82, 2.24) is 9.88 Å². The fourth-order valence-electron chi connectivity index (χ4n) is 4.49. The molecule has 1 aromatic carbocycles. The molecule has 0 radical (unpaired) electrons. The number of piperidine rings is 1. The number of likely N-dealkylation sites (tertiary alicyclic amines) is 1. The lowest BCUT2D eigenvalue weighted by atomic mass is 9.81. The highest BCUT2D eigenvalue weighted by Gasteiger charge is 2.34. The van der Waals surface area contributed by atoms with Crippen molar-refractivity contribution in [2.75, 3.05) is 26.7 Å². The third-order valence-electron chi connectivity index (χ3n) is 6.30. The van der Waals surface area contributed by atoms with Gasteiger partial charge in [0.1, 0.15) is 11.9 Å². The quantitative estimate of drug-likeness (QED) is 0.487. The predicted octanol–water partition coefficient (Wildman–Crippen LogP) is 5.17. The van der Waals surface area contributed by atoms with Crippen LogP contribution in [0.2, 0.25) is 0 Å². The number of carboxylic acid groups (broad SMARTS) is 1. The summed E-state index contributed by atoms with van der Waals surface area (Å²) in [5.41, 5.74) is 1.29. The van der Waals surface area contributed by atoms with Crippen molar-refractivity contribution in [3.8, 4) is 17.6 Å². The van der Waals surface area contributed by atoms with Gasteiger partial charge >= 0.3 is 5.97 Å². The molecule has 4 rings (SSSR count). The van der Waals surface area contributed by atoms with Crippen molar-refractivity contribution in [3.63, 3.8) is 0 Å². The maximum Gasteiger partial charge on any atom is 0.308 e. The van der Waals surface area contributed by atoms with E-state index in [4.69, 9.17) is 4.74 Å². The molecular weight excluding hydrogens is 439 g/mol. The van der Waals surface area contributed by atoms with Crippen LogP contribution >= 0.6 is 11.3 Å². The van der Waals surface area contributed by atoms with Crippen LogP contribution in [0, 0.1) is 23.7 Å². The number of benzene rings is 1. The van der Waals surface area contributed by atoms with E-state index >= 15 is 4.39 Å². The number of fused-ring (bicyclic) bond motifs is 1. The zero-order valence-corrected chi connectivity index (χ0v) is 19.4. The maximum atomic E-state index is 15.3. The fourth-order valence-corrected chi connectivity index (χ4v) is 5.08. The Hall–Kier alpha value is -2.95. The normalized spacial score (nSPS) is 19.6. The number of hydrogen-bond donors (Lipinski definition) is 1. The van der Waals surface area contributed by atoms with Gasteiger partial charge in [-0.25, -0.2) is 4.39 Å². The Kier molecular flexibility index (Phi) is 7.58. The third kappa shape index (κ3) is 5.70. The molecule has 0 bridgehead atoms. The van der Waals surface area contributed by atoms with Crippen LogP contribution in [-0.2, 0) is 4.79 Å². The van der Waals surface area contributed by atoms with Crippen molar-refractivity contribution in [1.29, 1.82) is 0 Å². The number of aliphatic carboxylic acids is 1. The Morgan fingerprint density at radius 1 is 1.39 bits per heavy atom. The number of carboxylic acids is 1. The number of nitrogens with zero attached hydrogens (tertiary/aromatic N) is 2. The van der Waals surface area contributed by atoms with E-state index in [1.807, 2.05) is 29.6 Å². The second kappa shape index (κ2) is 10.8. The molecule has 0 saturated carbocycles. The summed E-state index contributed by atoms with van der Waals surface area (Å²) in [5, 5.41) is 12.5. The molecule has 1 N–H and O–H groups in total. The molecule has 3 heterocycles. The molecule has 1 aliphatic rings. The molecule has 1 unspecified atom stereocenters. The van der Waals surface area contributed by atoms with Crippen LogP contribution in [-0.4, -0.2) is 47.7 Å². The van der Waals surface area contributed by atoms with Crippen molar-refractivity contribution >= 4 is 28.2 Å². The van der Waals surface area contributed by atoms with E-state index in [1.54, 1.807) is 36.8 Å². The number of methoxy groups -OCH3 is 1. The summed E-state index contributed by atoms with van der Waals surface area (Å²) in [6.45, 7) is 1.77. The first-order valence-corrected chi connectivity index (χ1v) is 12.0. The minimum absolute atomic E-state index is 0.0510. The second-order valence-corrected chi connectivity index (χ2v) is 9.28. The minimum Gasteiger partial charge on any atom is -0.497 e. The molecular formula is C26H27FN2O3S. The lowest BCUT2D eigenvalue weighted by Crippen LogP contribution is -2.44. The summed E-state index contributed by atoms with van der Waals surface area (Å²) in [7, 11) is 1.58. The molecule has 1 aliphatic heterocycles. The summed E-state index contributed by atoms with van der Waals surface area (Å²) in [6.07, 6.45) is 1.97. The van der Waals surface area contributed by atoms with Crippen molar-refractivity contribution in [2.45, 2.75) is 25.4 Å². The first-order valence-electron chi connectivity index (χ1n) is 11.1. The molecule has 1 fully saturated rings. The van der Waals surface area contributed by atoms with E-state index in [-0.39, 0.29) is 12.3 Å². The van der Waals surface area contributed by atoms with Gasteiger partial charge in [-0.3, -0.25) is 14.7 Å². The van der Waals surface area contributed by atoms with E-state index in [9.17, 15) is 9.90 Å². The van der Waals surface area contributed by atoms with Crippen LogP contribution in [0.15, 0.2) is 48.0 Å². The molecule has 172 valence electrons. The number of thiophene rings is 1. The highest BCUT2D eigenvalue weighted by atomic mass is 32.1. The van der Waals surface area contributed by atoms with E-state index in [2.05, 4.69) is 21.7 Å². The van der Waals surface area contributed by atoms with Gasteiger partial charge in [-0.05, 0) is 73.0 Å². The lowest BCUT2D eigenvalue weighted by molar-refractivity contribution is -0.146. The zero-order valence-electron chi connectivity index (χ0n) is 18.5. The Morgan fingerprint density at radius 3 is 3.03 bits per heavy atom. The summed E-state index contributed by atoms with van der Waals surface area (Å²) < 4.78 is 20.6. The Bertz CT molecular complexity index is 1160. The number of rotatable bonds is 7. The summed E-state index contributed by atoms with van der Waals surface area (Å²) in [4.78, 5) is 19.4. The molecule has 0 spiro atoms. The molecule has 1 saturated heterocycles. The molecule has 5 nitrogen and oxygen atoms in total. The van der Waals surface area contributed by atoms with Gasteiger partial charge in [0.05, 0.1) is 30.0 Å². The lowest BCUT2D eigenvalue weighted by Gasteiger charge is -2.35. The van der Waals surface area contributed by atoms with Gasteiger partial charge in [0.15, 0.2) is 0 Å². The van der Waals surface area contributed by atoms with Gasteiger partial charge in [0.25, 0.3) is 0 Å². The van der Waals surface area contributed by atoms with Gasteiger partial charge in [-0.15, -0.1) is 11.3 Å². The van der Waals surface area contributed by atoms with E-state index in [0.29, 0.717) is 30.8 Å². The van der Waals surface area contributed by atoms with E-state index in [0.717, 1.165) is 28.7 Å². The standard InChI is InChI=1S/C26H27FN2O3S/c1-32-19-7-9-25-22(16-19)21(10-12-28-25)24(27)8-6-18-11-14-29(17-23(18)26(30)31)13-2-4-20-5-3-15-33-20/h3,5,7,9-10,12,15-16,18,23-24H,6,8,11,13-14,17H2,1H3,(H,30,31)/t18-,23+,24?/m1/s1. The third-order valence-corrected chi connectivity index (χ3v) is 7.09. The van der Waals surface area contributed by atoms with Crippen LogP contribution in [0.5, 0.6) is 5.75 Å². The molecule has 0 aliphatic carbocycles. The number of pyridine rings is 1. The van der Waals surface area contributed by atoms with Crippen molar-refractivity contribution in [2.24, 2.45) is 11.8 Å². The molecule has 7 heteroatoms. The summed E-state index contributed by atoms with van der Waals surface area (Å²) >= 11 is 1.59. The summed E-state index contributed by atoms with van der Waals surface area (Å²) in [6, 6.07) is 11.1. The van der Waals surface area contributed by atoms with Gasteiger partial charge < -0.3 is 9.84 Å². The highest BCUT2D eigenvalue weighted by Crippen LogP contribution is 2.35. The molecule has 0 amide bonds. The van der Waals surface area contributed by atoms with Gasteiger partial charge in [0, 0.05) is 18.1 Å². The predicted molar refractivity (Wildman–Crippen MR) is 128 cm³/mol. The number of ether oxygens (including phenoxy) is 1. The van der Waals surface area contributed by atoms with Crippen molar-refractivity contribution < 1.29 is 19.0 Å². The SMILES string of the molecule is COc1ccc2nccc(C(F)CC[C@@H]3CCN(CC#Cc4cccs4)C[C@@H]3C(=O)O)c2c1. The van der Waals surface area contributed by atoms with Gasteiger partial charge in [0.2, 0.25) is 0 Å². The Balaban J connectivity index is 1.38. The van der Waals surface area contributed by atoms with Crippen LogP contribution in [0.25, 0.3) is 10.9 Å². The molecule has 3 atom stereocenters. The number of halogens is 1. The first kappa shape index (κ1) is 23.2. The second-order valence-electron chi connectivity index (χ2n) is 8.34. The largest absolute Gasteiger partial charge is 0.497 e. The van der Waals surface area contributed by atoms with Crippen LogP contribution in [0.3, 0.4) is 0 Å². The molecule has 3 aromatic rings. The van der Waals surface area contributed by atoms with Gasteiger partial charge in [-0.1, -0.05) is 17.9 Å². The number of aromatic nitrogens is 1. The highest BCUT2D eigenvalue weighted by molar-refractivity contribution is 7.10. The molecule has 2 aromatic heterocycles. The average Bonchev–Trinajstić information content (AvgIpc) is 3.35. The number of carbonyl (C=O) groups is 1. The maximum absolute atomic E-state index is 15.3. The first-order chi connectivity index (χ1) is 16.0. The number of alkyl halides is 1. The van der Waals surface area contributed by atoms with Crippen LogP contribution in [0.1, 0.15) is 35.9 Å². The van der Waals surface area contributed by atoms with E-state index < -0.39 is 18.1 Å². The van der Waals surface area contributed by atoms with Crippen molar-refractivity contribution in [3.05, 3.63) is 58.4 Å². The average molecular weight is 467 g/mol. The summed E-state index contributed by atoms with van der Waals surface area (Å²) in [5.74, 6) is 5.55. The fraction of sp³-hybridized carbons (Fsp3) is 0.385. The van der Waals surface area contributed by atoms with E-state index in [1.165, 1.54) is 0 Å². The number of hydrogen-bond acceptors (Lipinski definition) is 5. The van der Waals surface area contributed by atoms with Crippen LogP contribution < -0.4 is 4.74 Å². The van der Waals surface area contributed by atoms with Gasteiger partial charge in [-0.2, -0.15) is 0 Å². The smallest absolute Gasteiger partial charge is 0.308 e. The zero-order chi connectivity index (χ0) is 23.2. The topological polar surface area (TPSA) is 62.7 Å². The van der Waals surface area contributed by atoms with Crippen LogP contribution in [0.4, 0.5) is 4.39 Å². The minimum atomic E-state index is -1.19. The molecule has 33 heavy (non-hydrogen) atoms. The Labute approximate surface area is 197 Å².